The maximum absolute atomic E-state index is 13.7. The number of aromatic nitrogens is 1. The van der Waals surface area contributed by atoms with E-state index in [9.17, 15) is 31.5 Å². The molecule has 1 saturated carbocycles. The molecule has 0 spiro atoms. The van der Waals surface area contributed by atoms with Gasteiger partial charge in [-0.3, -0.25) is 4.79 Å². The SMILES string of the molecule is Cn1ccc2c(C(=O)Nc3cc(F)c(F)c(F)c3)cc(S(=O)(=O)N3CCOCC(O)(C4CC4)C3)cc21. The van der Waals surface area contributed by atoms with Gasteiger partial charge in [-0.05, 0) is 37.0 Å². The molecule has 2 heterocycles. The number of fused-ring (bicyclic) bond motifs is 1. The van der Waals surface area contributed by atoms with Gasteiger partial charge in [-0.2, -0.15) is 4.31 Å². The van der Waals surface area contributed by atoms with Crippen LogP contribution in [0.5, 0.6) is 0 Å². The first-order valence-corrected chi connectivity index (χ1v) is 12.8. The maximum Gasteiger partial charge on any atom is 0.256 e. The Morgan fingerprint density at radius 3 is 2.53 bits per heavy atom. The van der Waals surface area contributed by atoms with E-state index >= 15 is 0 Å². The maximum atomic E-state index is 13.7. The first-order valence-electron chi connectivity index (χ1n) is 11.3. The Hall–Kier alpha value is -2.93. The van der Waals surface area contributed by atoms with Gasteiger partial charge in [0.25, 0.3) is 5.91 Å². The predicted octanol–water partition coefficient (Wildman–Crippen LogP) is 3.01. The van der Waals surface area contributed by atoms with Crippen LogP contribution in [0.2, 0.25) is 0 Å². The molecular formula is C24H24F3N3O5S. The minimum absolute atomic E-state index is 0.0260. The van der Waals surface area contributed by atoms with Crippen LogP contribution in [-0.2, 0) is 21.8 Å². The molecule has 5 rings (SSSR count). The molecular weight excluding hydrogens is 499 g/mol. The Kier molecular flexibility index (Phi) is 6.10. The quantitative estimate of drug-likeness (QED) is 0.501. The summed E-state index contributed by atoms with van der Waals surface area (Å²) in [7, 11) is -2.49. The Labute approximate surface area is 205 Å². The summed E-state index contributed by atoms with van der Waals surface area (Å²) < 4.78 is 76.3. The minimum atomic E-state index is -4.17. The van der Waals surface area contributed by atoms with E-state index in [4.69, 9.17) is 4.74 Å². The van der Waals surface area contributed by atoms with Crippen molar-refractivity contribution in [2.45, 2.75) is 23.3 Å². The molecule has 1 atom stereocenters. The lowest BCUT2D eigenvalue weighted by Gasteiger charge is -2.30. The number of hydrogen-bond donors (Lipinski definition) is 2. The average Bonchev–Trinajstić information content (AvgIpc) is 3.64. The van der Waals surface area contributed by atoms with Gasteiger partial charge in [-0.25, -0.2) is 21.6 Å². The number of β-amino-alcohol motifs (C(OH)–C–C–N with tert-alkyl or cyclic N) is 1. The van der Waals surface area contributed by atoms with Crippen molar-refractivity contribution in [1.82, 2.24) is 8.87 Å². The van der Waals surface area contributed by atoms with Crippen LogP contribution in [0.25, 0.3) is 10.9 Å². The molecule has 192 valence electrons. The standard InChI is InChI=1S/C24H24F3N3O5S/c1-29-5-4-17-18(23(31)28-15-8-19(25)22(27)20(26)9-15)10-16(11-21(17)29)36(33,34)30-6-7-35-13-24(32,12-30)14-2-3-14/h4-5,8-11,14,32H,2-3,6-7,12-13H2,1H3,(H,28,31). The highest BCUT2D eigenvalue weighted by molar-refractivity contribution is 7.89. The predicted molar refractivity (Wildman–Crippen MR) is 124 cm³/mol. The van der Waals surface area contributed by atoms with Crippen LogP contribution in [0, 0.1) is 23.4 Å². The van der Waals surface area contributed by atoms with Gasteiger partial charge in [0, 0.05) is 55.1 Å². The number of carbonyl (C=O) groups excluding carboxylic acids is 1. The van der Waals surface area contributed by atoms with Gasteiger partial charge in [0.1, 0.15) is 5.60 Å². The number of benzene rings is 2. The number of rotatable bonds is 5. The molecule has 3 aromatic rings. The molecule has 12 heteroatoms. The van der Waals surface area contributed by atoms with Gasteiger partial charge in [0.05, 0.1) is 23.7 Å². The van der Waals surface area contributed by atoms with E-state index in [0.29, 0.717) is 23.0 Å². The fourth-order valence-electron chi connectivity index (χ4n) is 4.58. The third-order valence-electron chi connectivity index (χ3n) is 6.73. The largest absolute Gasteiger partial charge is 0.386 e. The Morgan fingerprint density at radius 1 is 1.17 bits per heavy atom. The van der Waals surface area contributed by atoms with Gasteiger partial charge in [0.2, 0.25) is 10.0 Å². The van der Waals surface area contributed by atoms with Gasteiger partial charge in [-0.15, -0.1) is 0 Å². The van der Waals surface area contributed by atoms with Crippen LogP contribution in [-0.4, -0.2) is 60.2 Å². The molecule has 1 aliphatic carbocycles. The summed E-state index contributed by atoms with van der Waals surface area (Å²) in [4.78, 5) is 12.9. The molecule has 2 aromatic carbocycles. The number of sulfonamides is 1. The fourth-order valence-corrected chi connectivity index (χ4v) is 6.11. The van der Waals surface area contributed by atoms with Crippen LogP contribution in [0.1, 0.15) is 23.2 Å². The zero-order chi connectivity index (χ0) is 25.8. The second-order valence-corrected chi connectivity index (χ2v) is 11.2. The van der Waals surface area contributed by atoms with Crippen LogP contribution in [0.3, 0.4) is 0 Å². The van der Waals surface area contributed by atoms with Crippen molar-refractivity contribution in [3.8, 4) is 0 Å². The summed E-state index contributed by atoms with van der Waals surface area (Å²) in [6, 6.07) is 5.49. The lowest BCUT2D eigenvalue weighted by molar-refractivity contribution is -0.0477. The van der Waals surface area contributed by atoms with E-state index in [1.165, 1.54) is 12.1 Å². The molecule has 1 unspecified atom stereocenters. The zero-order valence-corrected chi connectivity index (χ0v) is 20.1. The minimum Gasteiger partial charge on any atom is -0.386 e. The molecule has 2 N–H and O–H groups in total. The van der Waals surface area contributed by atoms with Crippen LogP contribution < -0.4 is 5.32 Å². The van der Waals surface area contributed by atoms with Gasteiger partial charge < -0.3 is 19.7 Å². The van der Waals surface area contributed by atoms with Crippen molar-refractivity contribution in [1.29, 1.82) is 0 Å². The van der Waals surface area contributed by atoms with E-state index in [1.54, 1.807) is 23.9 Å². The molecule has 1 amide bonds. The van der Waals surface area contributed by atoms with Crippen LogP contribution in [0.4, 0.5) is 18.9 Å². The Balaban J connectivity index is 1.54. The van der Waals surface area contributed by atoms with Crippen molar-refractivity contribution in [2.75, 3.05) is 31.6 Å². The molecule has 0 radical (unpaired) electrons. The topological polar surface area (TPSA) is 101 Å². The molecule has 0 bridgehead atoms. The molecule has 8 nitrogen and oxygen atoms in total. The molecule has 1 saturated heterocycles. The molecule has 2 fully saturated rings. The zero-order valence-electron chi connectivity index (χ0n) is 19.3. The summed E-state index contributed by atoms with van der Waals surface area (Å²) in [5.41, 5.74) is -1.25. The summed E-state index contributed by atoms with van der Waals surface area (Å²) in [5.74, 6) is -5.49. The highest BCUT2D eigenvalue weighted by Crippen LogP contribution is 2.41. The number of aryl methyl sites for hydroxylation is 1. The summed E-state index contributed by atoms with van der Waals surface area (Å²) in [6.45, 7) is 0.0354. The summed E-state index contributed by atoms with van der Waals surface area (Å²) in [6.07, 6.45) is 3.22. The number of nitrogens with one attached hydrogen (secondary N) is 1. The van der Waals surface area contributed by atoms with E-state index in [-0.39, 0.29) is 48.4 Å². The number of halogens is 3. The Morgan fingerprint density at radius 2 is 1.86 bits per heavy atom. The van der Waals surface area contributed by atoms with Crippen molar-refractivity contribution >= 4 is 32.5 Å². The second-order valence-electron chi connectivity index (χ2n) is 9.31. The normalized spacial score (nSPS) is 21.5. The second kappa shape index (κ2) is 8.87. The Bertz CT molecular complexity index is 1450. The first-order chi connectivity index (χ1) is 17.0. The molecule has 2 aliphatic rings. The monoisotopic (exact) mass is 523 g/mol. The summed E-state index contributed by atoms with van der Waals surface area (Å²) >= 11 is 0. The molecule has 1 aromatic heterocycles. The molecule has 36 heavy (non-hydrogen) atoms. The third-order valence-corrected chi connectivity index (χ3v) is 8.55. The van der Waals surface area contributed by atoms with Crippen molar-refractivity contribution in [3.63, 3.8) is 0 Å². The van der Waals surface area contributed by atoms with Crippen molar-refractivity contribution < 1.29 is 36.2 Å². The lowest BCUT2D eigenvalue weighted by Crippen LogP contribution is -2.48. The van der Waals surface area contributed by atoms with Crippen molar-refractivity contribution in [2.24, 2.45) is 13.0 Å². The highest BCUT2D eigenvalue weighted by atomic mass is 32.2. The summed E-state index contributed by atoms with van der Waals surface area (Å²) in [5, 5.41) is 13.8. The number of ether oxygens (including phenoxy) is 1. The van der Waals surface area contributed by atoms with E-state index in [2.05, 4.69) is 5.32 Å². The number of carbonyl (C=O) groups is 1. The fraction of sp³-hybridized carbons (Fsp3) is 0.375. The number of hydrogen-bond acceptors (Lipinski definition) is 5. The van der Waals surface area contributed by atoms with Crippen LogP contribution in [0.15, 0.2) is 41.4 Å². The molecule has 1 aliphatic heterocycles. The average molecular weight is 524 g/mol. The number of aliphatic hydroxyl groups is 1. The first kappa shape index (κ1) is 24.8. The van der Waals surface area contributed by atoms with E-state index in [0.717, 1.165) is 17.1 Å². The highest BCUT2D eigenvalue weighted by Gasteiger charge is 2.48. The van der Waals surface area contributed by atoms with Gasteiger partial charge in [-0.1, -0.05) is 0 Å². The smallest absolute Gasteiger partial charge is 0.256 e. The van der Waals surface area contributed by atoms with Crippen molar-refractivity contribution in [3.05, 3.63) is 59.5 Å². The number of anilines is 1. The van der Waals surface area contributed by atoms with E-state index in [1.807, 2.05) is 0 Å². The van der Waals surface area contributed by atoms with Gasteiger partial charge in [0.15, 0.2) is 17.5 Å². The lowest BCUT2D eigenvalue weighted by atomic mass is 9.99. The number of amides is 1. The number of nitrogens with zero attached hydrogens (tertiary/aromatic N) is 2. The van der Waals surface area contributed by atoms with Gasteiger partial charge >= 0.3 is 0 Å². The van der Waals surface area contributed by atoms with Crippen LogP contribution >= 0.6 is 0 Å². The third kappa shape index (κ3) is 4.38. The van der Waals surface area contributed by atoms with E-state index < -0.39 is 39.0 Å².